The second kappa shape index (κ2) is 6.02. The highest BCUT2D eigenvalue weighted by atomic mass is 32.1. The SMILES string of the molecule is O=C(O)c1ccc(OCCNc2nccs2)cc1. The van der Waals surface area contributed by atoms with Gasteiger partial charge < -0.3 is 15.2 Å². The van der Waals surface area contributed by atoms with E-state index in [-0.39, 0.29) is 5.56 Å². The smallest absolute Gasteiger partial charge is 0.335 e. The second-order valence-corrected chi connectivity index (χ2v) is 4.34. The van der Waals surface area contributed by atoms with Crippen LogP contribution in [-0.2, 0) is 0 Å². The third kappa shape index (κ3) is 3.46. The standard InChI is InChI=1S/C12H12N2O3S/c15-11(16)9-1-3-10(4-2-9)17-7-5-13-12-14-6-8-18-12/h1-4,6,8H,5,7H2,(H,13,14)(H,15,16). The van der Waals surface area contributed by atoms with Crippen LogP contribution >= 0.6 is 11.3 Å². The molecule has 0 aliphatic rings. The number of carbonyl (C=O) groups is 1. The molecule has 0 aliphatic carbocycles. The number of benzene rings is 1. The molecule has 0 saturated heterocycles. The minimum atomic E-state index is -0.938. The maximum absolute atomic E-state index is 10.6. The van der Waals surface area contributed by atoms with E-state index in [1.807, 2.05) is 5.38 Å². The quantitative estimate of drug-likeness (QED) is 0.783. The van der Waals surface area contributed by atoms with Crippen molar-refractivity contribution in [3.63, 3.8) is 0 Å². The van der Waals surface area contributed by atoms with Gasteiger partial charge in [0.05, 0.1) is 12.1 Å². The minimum Gasteiger partial charge on any atom is -0.492 e. The lowest BCUT2D eigenvalue weighted by molar-refractivity contribution is 0.0697. The van der Waals surface area contributed by atoms with E-state index in [1.54, 1.807) is 18.3 Å². The van der Waals surface area contributed by atoms with E-state index >= 15 is 0 Å². The molecular formula is C12H12N2O3S. The summed E-state index contributed by atoms with van der Waals surface area (Å²) in [6.07, 6.45) is 1.73. The van der Waals surface area contributed by atoms with Crippen LogP contribution in [0.1, 0.15) is 10.4 Å². The van der Waals surface area contributed by atoms with Gasteiger partial charge >= 0.3 is 5.97 Å². The average molecular weight is 264 g/mol. The summed E-state index contributed by atoms with van der Waals surface area (Å²) in [4.78, 5) is 14.7. The van der Waals surface area contributed by atoms with Gasteiger partial charge in [0.1, 0.15) is 12.4 Å². The van der Waals surface area contributed by atoms with Gasteiger partial charge in [0.15, 0.2) is 5.13 Å². The Morgan fingerprint density at radius 1 is 1.39 bits per heavy atom. The van der Waals surface area contributed by atoms with Crippen LogP contribution in [0.3, 0.4) is 0 Å². The first kappa shape index (κ1) is 12.4. The number of nitrogens with zero attached hydrogens (tertiary/aromatic N) is 1. The van der Waals surface area contributed by atoms with Crippen molar-refractivity contribution < 1.29 is 14.6 Å². The number of ether oxygens (including phenoxy) is 1. The fourth-order valence-corrected chi connectivity index (χ4v) is 1.89. The molecule has 0 spiro atoms. The van der Waals surface area contributed by atoms with Crippen LogP contribution < -0.4 is 10.1 Å². The largest absolute Gasteiger partial charge is 0.492 e. The lowest BCUT2D eigenvalue weighted by Gasteiger charge is -2.06. The molecule has 0 fully saturated rings. The molecule has 0 bridgehead atoms. The van der Waals surface area contributed by atoms with E-state index in [2.05, 4.69) is 10.3 Å². The molecule has 0 unspecified atom stereocenters. The van der Waals surface area contributed by atoms with Gasteiger partial charge in [-0.2, -0.15) is 0 Å². The summed E-state index contributed by atoms with van der Waals surface area (Å²) in [5.74, 6) is -0.284. The van der Waals surface area contributed by atoms with E-state index in [0.717, 1.165) is 5.13 Å². The Hall–Kier alpha value is -2.08. The zero-order valence-corrected chi connectivity index (χ0v) is 10.3. The Kier molecular flexibility index (Phi) is 4.14. The molecule has 1 aromatic heterocycles. The Balaban J connectivity index is 1.75. The Bertz CT molecular complexity index is 497. The van der Waals surface area contributed by atoms with Crippen molar-refractivity contribution in [3.8, 4) is 5.75 Å². The molecule has 0 amide bonds. The van der Waals surface area contributed by atoms with Gasteiger partial charge in [-0.25, -0.2) is 9.78 Å². The van der Waals surface area contributed by atoms with Gasteiger partial charge in [-0.15, -0.1) is 11.3 Å². The monoisotopic (exact) mass is 264 g/mol. The van der Waals surface area contributed by atoms with Crippen LogP contribution in [0, 0.1) is 0 Å². The molecule has 0 saturated carbocycles. The molecule has 6 heteroatoms. The first-order valence-electron chi connectivity index (χ1n) is 5.35. The molecule has 94 valence electrons. The van der Waals surface area contributed by atoms with Crippen molar-refractivity contribution in [1.82, 2.24) is 4.98 Å². The van der Waals surface area contributed by atoms with Gasteiger partial charge in [-0.1, -0.05) is 0 Å². The third-order valence-electron chi connectivity index (χ3n) is 2.18. The molecule has 2 aromatic rings. The Morgan fingerprint density at radius 2 is 2.17 bits per heavy atom. The fraction of sp³-hybridized carbons (Fsp3) is 0.167. The number of hydrogen-bond acceptors (Lipinski definition) is 5. The van der Waals surface area contributed by atoms with Gasteiger partial charge in [-0.05, 0) is 24.3 Å². The van der Waals surface area contributed by atoms with Gasteiger partial charge in [0.2, 0.25) is 0 Å². The number of aromatic nitrogens is 1. The molecular weight excluding hydrogens is 252 g/mol. The topological polar surface area (TPSA) is 71.5 Å². The molecule has 5 nitrogen and oxygen atoms in total. The molecule has 2 N–H and O–H groups in total. The maximum Gasteiger partial charge on any atom is 0.335 e. The summed E-state index contributed by atoms with van der Waals surface area (Å²) in [5.41, 5.74) is 0.253. The third-order valence-corrected chi connectivity index (χ3v) is 2.91. The van der Waals surface area contributed by atoms with Gasteiger partial charge in [-0.3, -0.25) is 0 Å². The predicted octanol–water partition coefficient (Wildman–Crippen LogP) is 2.33. The zero-order valence-electron chi connectivity index (χ0n) is 9.50. The summed E-state index contributed by atoms with van der Waals surface area (Å²) in [6, 6.07) is 6.33. The zero-order chi connectivity index (χ0) is 12.8. The van der Waals surface area contributed by atoms with Crippen molar-refractivity contribution >= 4 is 22.4 Å². The van der Waals surface area contributed by atoms with Crippen LogP contribution in [0.2, 0.25) is 0 Å². The number of nitrogens with one attached hydrogen (secondary N) is 1. The molecule has 1 aromatic carbocycles. The molecule has 0 aliphatic heterocycles. The van der Waals surface area contributed by atoms with Crippen molar-refractivity contribution in [2.45, 2.75) is 0 Å². The van der Waals surface area contributed by atoms with Crippen molar-refractivity contribution in [2.24, 2.45) is 0 Å². The van der Waals surface area contributed by atoms with E-state index in [9.17, 15) is 4.79 Å². The minimum absolute atomic E-state index is 0.253. The molecule has 18 heavy (non-hydrogen) atoms. The van der Waals surface area contributed by atoms with Crippen LogP contribution in [0.25, 0.3) is 0 Å². The van der Waals surface area contributed by atoms with Gasteiger partial charge in [0.25, 0.3) is 0 Å². The maximum atomic E-state index is 10.6. The number of carboxylic acids is 1. The van der Waals surface area contributed by atoms with Crippen LogP contribution in [0.15, 0.2) is 35.8 Å². The van der Waals surface area contributed by atoms with Crippen molar-refractivity contribution in [2.75, 3.05) is 18.5 Å². The van der Waals surface area contributed by atoms with E-state index in [1.165, 1.54) is 23.5 Å². The number of hydrogen-bond donors (Lipinski definition) is 2. The fourth-order valence-electron chi connectivity index (χ4n) is 1.33. The Labute approximate surface area is 108 Å². The summed E-state index contributed by atoms with van der Waals surface area (Å²) in [6.45, 7) is 1.14. The summed E-state index contributed by atoms with van der Waals surface area (Å²) >= 11 is 1.53. The van der Waals surface area contributed by atoms with Crippen molar-refractivity contribution in [1.29, 1.82) is 0 Å². The summed E-state index contributed by atoms with van der Waals surface area (Å²) in [7, 11) is 0. The number of anilines is 1. The van der Waals surface area contributed by atoms with Crippen LogP contribution in [0.5, 0.6) is 5.75 Å². The first-order chi connectivity index (χ1) is 8.75. The predicted molar refractivity (Wildman–Crippen MR) is 69.5 cm³/mol. The van der Waals surface area contributed by atoms with E-state index in [4.69, 9.17) is 9.84 Å². The van der Waals surface area contributed by atoms with Crippen molar-refractivity contribution in [3.05, 3.63) is 41.4 Å². The summed E-state index contributed by atoms with van der Waals surface area (Å²) < 4.78 is 5.46. The molecule has 2 rings (SSSR count). The molecule has 1 heterocycles. The Morgan fingerprint density at radius 3 is 2.78 bits per heavy atom. The number of aromatic carboxylic acids is 1. The molecule has 0 radical (unpaired) electrons. The number of carboxylic acid groups (broad SMARTS) is 1. The second-order valence-electron chi connectivity index (χ2n) is 3.44. The van der Waals surface area contributed by atoms with Crippen LogP contribution in [0.4, 0.5) is 5.13 Å². The first-order valence-corrected chi connectivity index (χ1v) is 6.23. The lowest BCUT2D eigenvalue weighted by atomic mass is 10.2. The number of thiazole rings is 1. The van der Waals surface area contributed by atoms with Crippen LogP contribution in [-0.4, -0.2) is 29.2 Å². The van der Waals surface area contributed by atoms with E-state index in [0.29, 0.717) is 18.9 Å². The normalized spacial score (nSPS) is 10.0. The highest BCUT2D eigenvalue weighted by molar-refractivity contribution is 7.13. The van der Waals surface area contributed by atoms with Gasteiger partial charge in [0, 0.05) is 11.6 Å². The average Bonchev–Trinajstić information content (AvgIpc) is 2.88. The molecule has 0 atom stereocenters. The lowest BCUT2D eigenvalue weighted by Crippen LogP contribution is -2.11. The van der Waals surface area contributed by atoms with E-state index < -0.39 is 5.97 Å². The highest BCUT2D eigenvalue weighted by Crippen LogP contribution is 2.12. The number of rotatable bonds is 6. The highest BCUT2D eigenvalue weighted by Gasteiger charge is 2.01. The summed E-state index contributed by atoms with van der Waals surface area (Å²) in [5, 5.41) is 14.6.